The van der Waals surface area contributed by atoms with E-state index in [-0.39, 0.29) is 0 Å². The number of rotatable bonds is 7. The summed E-state index contributed by atoms with van der Waals surface area (Å²) in [5.41, 5.74) is 5.13. The molecule has 0 spiro atoms. The summed E-state index contributed by atoms with van der Waals surface area (Å²) in [7, 11) is -5.07. The Bertz CT molecular complexity index is 1080. The Morgan fingerprint density at radius 1 is 0.929 bits per heavy atom. The van der Waals surface area contributed by atoms with Gasteiger partial charge in [-0.2, -0.15) is 0 Å². The molecule has 0 N–H and O–H groups in total. The van der Waals surface area contributed by atoms with Crippen LogP contribution in [0.15, 0.2) is 65.3 Å². The molecule has 0 atom stereocenters. The van der Waals surface area contributed by atoms with E-state index >= 15 is 0 Å². The van der Waals surface area contributed by atoms with Gasteiger partial charge in [-0.05, 0) is 25.1 Å². The number of benzene rings is 2. The van der Waals surface area contributed by atoms with Crippen LogP contribution in [-0.2, 0) is 10.0 Å². The van der Waals surface area contributed by atoms with Crippen molar-refractivity contribution in [1.82, 2.24) is 3.97 Å². The van der Waals surface area contributed by atoms with Crippen LogP contribution in [0, 0.1) is 6.92 Å². The Kier molecular flexibility index (Phi) is 5.96. The molecule has 148 valence electrons. The minimum Gasteiger partial charge on any atom is -0.241 e. The topological polar surface area (TPSA) is 39.1 Å². The molecule has 3 nitrogen and oxygen atoms in total. The molecule has 1 heterocycles. The van der Waals surface area contributed by atoms with Gasteiger partial charge < -0.3 is 0 Å². The van der Waals surface area contributed by atoms with E-state index in [1.54, 1.807) is 18.3 Å². The van der Waals surface area contributed by atoms with Crippen LogP contribution in [-0.4, -0.2) is 20.5 Å². The van der Waals surface area contributed by atoms with Gasteiger partial charge in [0.1, 0.15) is 0 Å². The van der Waals surface area contributed by atoms with Gasteiger partial charge in [0.05, 0.1) is 18.5 Å². The standard InChI is InChI=1S/C23H29NO2SSi/c1-5-28(6-2,7-3)17-16-20-18-24(23-11-9-8-10-22(20)23)27(25,26)21-14-12-19(4)13-15-21/h8-18H,5-7H2,1-4H3/b17-16+. The van der Waals surface area contributed by atoms with Crippen LogP contribution in [0.1, 0.15) is 31.9 Å². The lowest BCUT2D eigenvalue weighted by atomic mass is 10.2. The van der Waals surface area contributed by atoms with E-state index in [9.17, 15) is 8.42 Å². The van der Waals surface area contributed by atoms with Gasteiger partial charge in [0.25, 0.3) is 10.0 Å². The average molecular weight is 412 g/mol. The first-order chi connectivity index (χ1) is 13.4. The molecule has 0 bridgehead atoms. The quantitative estimate of drug-likeness (QED) is 0.431. The van der Waals surface area contributed by atoms with Gasteiger partial charge in [-0.25, -0.2) is 12.4 Å². The zero-order valence-corrected chi connectivity index (χ0v) is 19.0. The van der Waals surface area contributed by atoms with Crippen LogP contribution in [0.3, 0.4) is 0 Å². The van der Waals surface area contributed by atoms with Crippen molar-refractivity contribution in [3.63, 3.8) is 0 Å². The van der Waals surface area contributed by atoms with Gasteiger partial charge in [-0.1, -0.05) is 86.6 Å². The maximum atomic E-state index is 13.3. The van der Waals surface area contributed by atoms with Crippen molar-refractivity contribution in [2.75, 3.05) is 0 Å². The monoisotopic (exact) mass is 411 g/mol. The number of hydrogen-bond donors (Lipinski definition) is 0. The Morgan fingerprint density at radius 2 is 1.54 bits per heavy atom. The second-order valence-corrected chi connectivity index (χ2v) is 14.5. The molecule has 0 aliphatic rings. The third-order valence-corrected chi connectivity index (χ3v) is 12.8. The zero-order valence-electron chi connectivity index (χ0n) is 17.1. The molecule has 2 aromatic carbocycles. The summed E-state index contributed by atoms with van der Waals surface area (Å²) < 4.78 is 28.0. The molecule has 5 heteroatoms. The summed E-state index contributed by atoms with van der Waals surface area (Å²) >= 11 is 0. The first-order valence-electron chi connectivity index (χ1n) is 9.98. The third-order valence-electron chi connectivity index (χ3n) is 6.02. The molecule has 0 saturated carbocycles. The van der Waals surface area contributed by atoms with Crippen molar-refractivity contribution in [1.29, 1.82) is 0 Å². The van der Waals surface area contributed by atoms with Crippen LogP contribution in [0.2, 0.25) is 18.1 Å². The average Bonchev–Trinajstić information content (AvgIpc) is 3.10. The van der Waals surface area contributed by atoms with Gasteiger partial charge in [0, 0.05) is 17.1 Å². The molecule has 0 amide bonds. The fourth-order valence-electron chi connectivity index (χ4n) is 3.70. The van der Waals surface area contributed by atoms with E-state index in [2.05, 4.69) is 32.5 Å². The molecule has 0 radical (unpaired) electrons. The summed E-state index contributed by atoms with van der Waals surface area (Å²) in [5.74, 6) is 0. The SMILES string of the molecule is CC[Si](/C=C/c1cn(S(=O)(=O)c2ccc(C)cc2)c2ccccc12)(CC)CC. The van der Waals surface area contributed by atoms with E-state index in [0.29, 0.717) is 4.90 Å². The van der Waals surface area contributed by atoms with E-state index in [4.69, 9.17) is 0 Å². The zero-order chi connectivity index (χ0) is 20.4. The highest BCUT2D eigenvalue weighted by Crippen LogP contribution is 2.29. The van der Waals surface area contributed by atoms with Crippen molar-refractivity contribution < 1.29 is 8.42 Å². The Labute approximate surface area is 169 Å². The summed E-state index contributed by atoms with van der Waals surface area (Å²) in [4.78, 5) is 0.314. The van der Waals surface area contributed by atoms with E-state index in [0.717, 1.165) is 22.0 Å². The highest BCUT2D eigenvalue weighted by molar-refractivity contribution is 7.90. The largest absolute Gasteiger partial charge is 0.268 e. The number of hydrogen-bond acceptors (Lipinski definition) is 2. The van der Waals surface area contributed by atoms with E-state index in [1.165, 1.54) is 22.1 Å². The van der Waals surface area contributed by atoms with Crippen molar-refractivity contribution >= 4 is 35.1 Å². The highest BCUT2D eigenvalue weighted by atomic mass is 32.2. The minimum absolute atomic E-state index is 0.314. The predicted molar refractivity (Wildman–Crippen MR) is 122 cm³/mol. The maximum absolute atomic E-state index is 13.3. The molecule has 3 aromatic rings. The second kappa shape index (κ2) is 8.09. The lowest BCUT2D eigenvalue weighted by Gasteiger charge is -2.23. The molecule has 0 saturated heterocycles. The maximum Gasteiger partial charge on any atom is 0.268 e. The van der Waals surface area contributed by atoms with Crippen LogP contribution >= 0.6 is 0 Å². The molecule has 1 aromatic heterocycles. The predicted octanol–water partition coefficient (Wildman–Crippen LogP) is 6.25. The van der Waals surface area contributed by atoms with Gasteiger partial charge in [-0.3, -0.25) is 0 Å². The fourth-order valence-corrected chi connectivity index (χ4v) is 7.82. The lowest BCUT2D eigenvalue weighted by Crippen LogP contribution is -2.28. The molecular formula is C23H29NO2SSi. The number of aryl methyl sites for hydroxylation is 1. The molecule has 0 aliphatic heterocycles. The summed E-state index contributed by atoms with van der Waals surface area (Å²) in [5, 5.41) is 0.973. The highest BCUT2D eigenvalue weighted by Gasteiger charge is 2.24. The van der Waals surface area contributed by atoms with Gasteiger partial charge in [-0.15, -0.1) is 0 Å². The van der Waals surface area contributed by atoms with Crippen LogP contribution in [0.5, 0.6) is 0 Å². The van der Waals surface area contributed by atoms with Crippen molar-refractivity contribution in [3.8, 4) is 0 Å². The Balaban J connectivity index is 2.15. The third kappa shape index (κ3) is 3.73. The summed E-state index contributed by atoms with van der Waals surface area (Å²) in [6, 6.07) is 18.4. The Morgan fingerprint density at radius 3 is 2.14 bits per heavy atom. The van der Waals surface area contributed by atoms with Crippen LogP contribution in [0.25, 0.3) is 17.0 Å². The number of nitrogens with zero attached hydrogens (tertiary/aromatic N) is 1. The van der Waals surface area contributed by atoms with E-state index < -0.39 is 18.1 Å². The normalized spacial score (nSPS) is 12.9. The molecule has 0 aliphatic carbocycles. The smallest absolute Gasteiger partial charge is 0.241 e. The molecule has 0 fully saturated rings. The van der Waals surface area contributed by atoms with E-state index in [1.807, 2.05) is 43.3 Å². The first kappa shape index (κ1) is 20.6. The number of fused-ring (bicyclic) bond motifs is 1. The minimum atomic E-state index is -3.64. The number of aromatic nitrogens is 1. The van der Waals surface area contributed by atoms with Gasteiger partial charge in [0.2, 0.25) is 0 Å². The fraction of sp³-hybridized carbons (Fsp3) is 0.304. The molecule has 0 unspecified atom stereocenters. The van der Waals surface area contributed by atoms with Crippen molar-refractivity contribution in [3.05, 3.63) is 71.6 Å². The van der Waals surface area contributed by atoms with Crippen molar-refractivity contribution in [2.45, 2.75) is 50.7 Å². The summed E-state index contributed by atoms with van der Waals surface area (Å²) in [6.07, 6.45) is 3.93. The van der Waals surface area contributed by atoms with Gasteiger partial charge >= 0.3 is 0 Å². The Hall–Kier alpha value is -2.11. The lowest BCUT2D eigenvalue weighted by molar-refractivity contribution is 0.589. The van der Waals surface area contributed by atoms with Crippen molar-refractivity contribution in [2.24, 2.45) is 0 Å². The second-order valence-electron chi connectivity index (χ2n) is 7.47. The van der Waals surface area contributed by atoms with Crippen LogP contribution in [0.4, 0.5) is 0 Å². The molecular weight excluding hydrogens is 382 g/mol. The molecule has 28 heavy (non-hydrogen) atoms. The number of para-hydroxylation sites is 1. The summed E-state index contributed by atoms with van der Waals surface area (Å²) in [6.45, 7) is 8.77. The first-order valence-corrected chi connectivity index (χ1v) is 14.1. The molecule has 3 rings (SSSR count). The van der Waals surface area contributed by atoms with Gasteiger partial charge in [0.15, 0.2) is 0 Å². The van der Waals surface area contributed by atoms with Crippen LogP contribution < -0.4 is 0 Å².